The van der Waals surface area contributed by atoms with Gasteiger partial charge in [0.05, 0.1) is 9.82 Å². The van der Waals surface area contributed by atoms with Crippen molar-refractivity contribution >= 4 is 31.5 Å². The molecule has 100 valence electrons. The Bertz CT molecular complexity index is 556. The van der Waals surface area contributed by atoms with Crippen LogP contribution in [0.1, 0.15) is 18.9 Å². The second-order valence-corrected chi connectivity index (χ2v) is 7.34. The third-order valence-electron chi connectivity index (χ3n) is 2.57. The van der Waals surface area contributed by atoms with Gasteiger partial charge in [0, 0.05) is 22.7 Å². The fourth-order valence-corrected chi connectivity index (χ4v) is 2.49. The maximum atomic E-state index is 11.4. The van der Waals surface area contributed by atoms with Gasteiger partial charge in [0.25, 0.3) is 5.69 Å². The van der Waals surface area contributed by atoms with Gasteiger partial charge >= 0.3 is 0 Å². The molecule has 1 aromatic rings. The fraction of sp³-hybridized carbons (Fsp3) is 0.455. The summed E-state index contributed by atoms with van der Waals surface area (Å²) in [4.78, 5) is 10.5. The second-order valence-electron chi connectivity index (χ2n) is 4.03. The summed E-state index contributed by atoms with van der Waals surface area (Å²) < 4.78 is 22.7. The molecule has 1 rings (SSSR count). The van der Waals surface area contributed by atoms with E-state index in [2.05, 4.69) is 15.9 Å². The molecule has 0 bridgehead atoms. The maximum absolute atomic E-state index is 11.4. The highest BCUT2D eigenvalue weighted by Crippen LogP contribution is 2.26. The van der Waals surface area contributed by atoms with E-state index in [1.54, 1.807) is 0 Å². The standard InChI is InChI=1S/C11H14BrNO4S/c1-3-9(12)6-8-4-5-10(18(2,16)17)7-11(8)13(14)15/h4-5,7,9H,3,6H2,1-2H3. The highest BCUT2D eigenvalue weighted by Gasteiger charge is 2.19. The molecular weight excluding hydrogens is 322 g/mol. The van der Waals surface area contributed by atoms with Crippen LogP contribution in [0.5, 0.6) is 0 Å². The molecule has 1 unspecified atom stereocenters. The quantitative estimate of drug-likeness (QED) is 0.471. The third-order valence-corrected chi connectivity index (χ3v) is 4.65. The van der Waals surface area contributed by atoms with Crippen LogP contribution in [-0.2, 0) is 16.3 Å². The number of hydrogen-bond acceptors (Lipinski definition) is 4. The molecule has 0 N–H and O–H groups in total. The van der Waals surface area contributed by atoms with Gasteiger partial charge in [-0.2, -0.15) is 0 Å². The van der Waals surface area contributed by atoms with Gasteiger partial charge in [0.2, 0.25) is 0 Å². The van der Waals surface area contributed by atoms with Crippen molar-refractivity contribution in [3.05, 3.63) is 33.9 Å². The van der Waals surface area contributed by atoms with Crippen LogP contribution in [0, 0.1) is 10.1 Å². The number of nitrogens with zero attached hydrogens (tertiary/aromatic N) is 1. The zero-order chi connectivity index (χ0) is 13.9. The normalized spacial score (nSPS) is 13.3. The van der Waals surface area contributed by atoms with E-state index in [-0.39, 0.29) is 15.4 Å². The fourth-order valence-electron chi connectivity index (χ4n) is 1.50. The highest BCUT2D eigenvalue weighted by molar-refractivity contribution is 9.09. The zero-order valence-electron chi connectivity index (χ0n) is 10.1. The van der Waals surface area contributed by atoms with E-state index in [9.17, 15) is 18.5 Å². The van der Waals surface area contributed by atoms with Crippen LogP contribution in [0.25, 0.3) is 0 Å². The molecular formula is C11H14BrNO4S. The number of rotatable bonds is 5. The first-order valence-corrected chi connectivity index (χ1v) is 8.17. The van der Waals surface area contributed by atoms with Gasteiger partial charge in [-0.3, -0.25) is 10.1 Å². The molecule has 5 nitrogen and oxygen atoms in total. The van der Waals surface area contributed by atoms with E-state index >= 15 is 0 Å². The molecule has 0 aliphatic carbocycles. The average Bonchev–Trinajstić information content (AvgIpc) is 2.27. The van der Waals surface area contributed by atoms with Crippen molar-refractivity contribution in [1.82, 2.24) is 0 Å². The molecule has 0 saturated heterocycles. The van der Waals surface area contributed by atoms with Crippen molar-refractivity contribution in [1.29, 1.82) is 0 Å². The van der Waals surface area contributed by atoms with E-state index in [0.29, 0.717) is 12.0 Å². The highest BCUT2D eigenvalue weighted by atomic mass is 79.9. The summed E-state index contributed by atoms with van der Waals surface area (Å²) >= 11 is 3.41. The smallest absolute Gasteiger partial charge is 0.258 e. The van der Waals surface area contributed by atoms with Gasteiger partial charge < -0.3 is 0 Å². The van der Waals surface area contributed by atoms with Gasteiger partial charge in [0.1, 0.15) is 0 Å². The lowest BCUT2D eigenvalue weighted by molar-refractivity contribution is -0.385. The van der Waals surface area contributed by atoms with E-state index < -0.39 is 14.8 Å². The summed E-state index contributed by atoms with van der Waals surface area (Å²) in [7, 11) is -3.43. The van der Waals surface area contributed by atoms with E-state index in [4.69, 9.17) is 0 Å². The SMILES string of the molecule is CCC(Br)Cc1ccc(S(C)(=O)=O)cc1[N+](=O)[O-]. The Labute approximate surface area is 114 Å². The zero-order valence-corrected chi connectivity index (χ0v) is 12.5. The summed E-state index contributed by atoms with van der Waals surface area (Å²) in [5, 5.41) is 11.0. The van der Waals surface area contributed by atoms with Crippen LogP contribution in [0.3, 0.4) is 0 Å². The number of sulfone groups is 1. The van der Waals surface area contributed by atoms with Crippen molar-refractivity contribution in [3.63, 3.8) is 0 Å². The molecule has 0 aromatic heterocycles. The van der Waals surface area contributed by atoms with Crippen LogP contribution < -0.4 is 0 Å². The number of benzene rings is 1. The predicted molar refractivity (Wildman–Crippen MR) is 72.9 cm³/mol. The van der Waals surface area contributed by atoms with Crippen molar-refractivity contribution in [2.75, 3.05) is 6.26 Å². The number of nitro groups is 1. The summed E-state index contributed by atoms with van der Waals surface area (Å²) in [6.07, 6.45) is 2.37. The lowest BCUT2D eigenvalue weighted by Gasteiger charge is -2.08. The molecule has 18 heavy (non-hydrogen) atoms. The molecule has 0 saturated carbocycles. The topological polar surface area (TPSA) is 77.3 Å². The summed E-state index contributed by atoms with van der Waals surface area (Å²) in [6, 6.07) is 4.05. The van der Waals surface area contributed by atoms with Crippen LogP contribution >= 0.6 is 15.9 Å². The number of hydrogen-bond donors (Lipinski definition) is 0. The van der Waals surface area contributed by atoms with Gasteiger partial charge in [-0.15, -0.1) is 0 Å². The Hall–Kier alpha value is -0.950. The van der Waals surface area contributed by atoms with E-state index in [1.165, 1.54) is 12.1 Å². The Morgan fingerprint density at radius 1 is 1.44 bits per heavy atom. The Morgan fingerprint density at radius 3 is 2.50 bits per heavy atom. The molecule has 1 aromatic carbocycles. The van der Waals surface area contributed by atoms with Crippen LogP contribution in [0.4, 0.5) is 5.69 Å². The molecule has 0 spiro atoms. The lowest BCUT2D eigenvalue weighted by atomic mass is 10.1. The molecule has 0 fully saturated rings. The predicted octanol–water partition coefficient (Wildman–Crippen LogP) is 2.71. The molecule has 0 heterocycles. The first kappa shape index (κ1) is 15.1. The largest absolute Gasteiger partial charge is 0.273 e. The van der Waals surface area contributed by atoms with Gasteiger partial charge in [-0.1, -0.05) is 28.9 Å². The molecule has 0 aliphatic heterocycles. The van der Waals surface area contributed by atoms with Gasteiger partial charge in [-0.25, -0.2) is 8.42 Å². The van der Waals surface area contributed by atoms with Crippen LogP contribution in [-0.4, -0.2) is 24.4 Å². The molecule has 0 amide bonds. The summed E-state index contributed by atoms with van der Waals surface area (Å²) in [6.45, 7) is 1.97. The molecule has 1 atom stereocenters. The maximum Gasteiger partial charge on any atom is 0.273 e. The first-order chi connectivity index (χ1) is 8.25. The number of nitro benzene ring substituents is 1. The third kappa shape index (κ3) is 3.78. The van der Waals surface area contributed by atoms with Crippen LogP contribution in [0.2, 0.25) is 0 Å². The molecule has 0 aliphatic rings. The van der Waals surface area contributed by atoms with Crippen molar-refractivity contribution in [2.24, 2.45) is 0 Å². The Kier molecular flexibility index (Phi) is 4.86. The minimum absolute atomic E-state index is 0.0272. The Balaban J connectivity index is 3.25. The van der Waals surface area contributed by atoms with E-state index in [0.717, 1.165) is 18.7 Å². The molecule has 7 heteroatoms. The van der Waals surface area contributed by atoms with E-state index in [1.807, 2.05) is 6.92 Å². The molecule has 0 radical (unpaired) electrons. The monoisotopic (exact) mass is 335 g/mol. The summed E-state index contributed by atoms with van der Waals surface area (Å²) in [5.41, 5.74) is 0.395. The second kappa shape index (κ2) is 5.79. The first-order valence-electron chi connectivity index (χ1n) is 5.37. The van der Waals surface area contributed by atoms with Gasteiger partial charge in [-0.05, 0) is 18.9 Å². The number of halogens is 1. The number of alkyl halides is 1. The average molecular weight is 336 g/mol. The minimum atomic E-state index is -3.43. The Morgan fingerprint density at radius 2 is 2.06 bits per heavy atom. The lowest BCUT2D eigenvalue weighted by Crippen LogP contribution is -2.06. The van der Waals surface area contributed by atoms with Crippen molar-refractivity contribution in [3.8, 4) is 0 Å². The minimum Gasteiger partial charge on any atom is -0.258 e. The van der Waals surface area contributed by atoms with Crippen LogP contribution in [0.15, 0.2) is 23.1 Å². The van der Waals surface area contributed by atoms with Crippen molar-refractivity contribution < 1.29 is 13.3 Å². The van der Waals surface area contributed by atoms with Gasteiger partial charge in [0.15, 0.2) is 9.84 Å². The van der Waals surface area contributed by atoms with Crippen molar-refractivity contribution in [2.45, 2.75) is 29.5 Å². The summed E-state index contributed by atoms with van der Waals surface area (Å²) in [5.74, 6) is 0.